The molecular weight excluding hydrogens is 259 g/mol. The molecule has 0 saturated carbocycles. The van der Waals surface area contributed by atoms with E-state index in [2.05, 4.69) is 16.9 Å². The van der Waals surface area contributed by atoms with E-state index in [9.17, 15) is 9.18 Å². The number of ether oxygens (including phenoxy) is 1. The molecule has 1 rings (SSSR count). The predicted molar refractivity (Wildman–Crippen MR) is 67.2 cm³/mol. The molecule has 1 aromatic rings. The fourth-order valence-corrected chi connectivity index (χ4v) is 1.37. The van der Waals surface area contributed by atoms with Crippen molar-refractivity contribution in [3.8, 4) is 0 Å². The molecule has 0 saturated heterocycles. The summed E-state index contributed by atoms with van der Waals surface area (Å²) in [5, 5.41) is 2.54. The normalized spacial score (nSPS) is 10.1. The predicted octanol–water partition coefficient (Wildman–Crippen LogP) is 2.20. The van der Waals surface area contributed by atoms with Crippen LogP contribution >= 0.6 is 11.6 Å². The van der Waals surface area contributed by atoms with E-state index >= 15 is 0 Å². The number of nitrogens with one attached hydrogen (secondary N) is 1. The lowest BCUT2D eigenvalue weighted by Crippen LogP contribution is -2.27. The standard InChI is InChI=1S/C12H14ClFN2O2/c1-2-3-5-18-6-4-15-12(17)10-7-9(14)8-16-11(10)13/h2,7-8H,1,3-6H2,(H,15,17). The highest BCUT2D eigenvalue weighted by atomic mass is 35.5. The summed E-state index contributed by atoms with van der Waals surface area (Å²) in [4.78, 5) is 15.2. The van der Waals surface area contributed by atoms with Gasteiger partial charge in [-0.3, -0.25) is 4.79 Å². The van der Waals surface area contributed by atoms with Gasteiger partial charge >= 0.3 is 0 Å². The first kappa shape index (κ1) is 14.6. The summed E-state index contributed by atoms with van der Waals surface area (Å²) in [5.74, 6) is -1.08. The van der Waals surface area contributed by atoms with Crippen LogP contribution in [-0.4, -0.2) is 30.6 Å². The van der Waals surface area contributed by atoms with Gasteiger partial charge < -0.3 is 10.1 Å². The third-order valence-corrected chi connectivity index (χ3v) is 2.35. The summed E-state index contributed by atoms with van der Waals surface area (Å²) in [6.07, 6.45) is 3.46. The first-order chi connectivity index (χ1) is 8.65. The maximum Gasteiger partial charge on any atom is 0.254 e. The van der Waals surface area contributed by atoms with Gasteiger partial charge in [-0.25, -0.2) is 9.37 Å². The molecule has 0 bridgehead atoms. The summed E-state index contributed by atoms with van der Waals surface area (Å²) < 4.78 is 18.1. The molecule has 0 aliphatic carbocycles. The van der Waals surface area contributed by atoms with Crippen molar-refractivity contribution in [1.29, 1.82) is 0 Å². The SMILES string of the molecule is C=CCCOCCNC(=O)c1cc(F)cnc1Cl. The molecule has 0 unspecified atom stereocenters. The highest BCUT2D eigenvalue weighted by Crippen LogP contribution is 2.13. The molecule has 18 heavy (non-hydrogen) atoms. The number of aromatic nitrogens is 1. The number of halogens is 2. The zero-order valence-electron chi connectivity index (χ0n) is 9.79. The van der Waals surface area contributed by atoms with Gasteiger partial charge in [0, 0.05) is 6.54 Å². The fourth-order valence-electron chi connectivity index (χ4n) is 1.18. The van der Waals surface area contributed by atoms with E-state index in [1.807, 2.05) is 0 Å². The van der Waals surface area contributed by atoms with Crippen LogP contribution in [0.2, 0.25) is 5.15 Å². The van der Waals surface area contributed by atoms with E-state index < -0.39 is 11.7 Å². The van der Waals surface area contributed by atoms with Crippen LogP contribution in [0.4, 0.5) is 4.39 Å². The average molecular weight is 273 g/mol. The van der Waals surface area contributed by atoms with Gasteiger partial charge in [-0.15, -0.1) is 6.58 Å². The van der Waals surface area contributed by atoms with Crippen LogP contribution in [0.3, 0.4) is 0 Å². The molecule has 0 fully saturated rings. The first-order valence-electron chi connectivity index (χ1n) is 5.43. The maximum absolute atomic E-state index is 12.9. The fraction of sp³-hybridized carbons (Fsp3) is 0.333. The van der Waals surface area contributed by atoms with Gasteiger partial charge in [0.05, 0.1) is 25.0 Å². The van der Waals surface area contributed by atoms with Gasteiger partial charge in [0.1, 0.15) is 11.0 Å². The molecular formula is C12H14ClFN2O2. The van der Waals surface area contributed by atoms with Crippen molar-refractivity contribution in [3.05, 3.63) is 41.5 Å². The van der Waals surface area contributed by atoms with Crippen LogP contribution in [-0.2, 0) is 4.74 Å². The van der Waals surface area contributed by atoms with E-state index in [4.69, 9.17) is 16.3 Å². The number of carbonyl (C=O) groups excluding carboxylic acids is 1. The number of nitrogens with zero attached hydrogens (tertiary/aromatic N) is 1. The third-order valence-electron chi connectivity index (χ3n) is 2.05. The van der Waals surface area contributed by atoms with Crippen LogP contribution in [0.25, 0.3) is 0 Å². The Morgan fingerprint density at radius 2 is 2.39 bits per heavy atom. The Labute approximate surface area is 110 Å². The smallest absolute Gasteiger partial charge is 0.254 e. The summed E-state index contributed by atoms with van der Waals surface area (Å²) in [7, 11) is 0. The molecule has 0 aliphatic heterocycles. The second-order valence-corrected chi connectivity index (χ2v) is 3.80. The quantitative estimate of drug-likeness (QED) is 0.470. The Balaban J connectivity index is 2.36. The number of amides is 1. The van der Waals surface area contributed by atoms with Gasteiger partial charge in [0.25, 0.3) is 5.91 Å². The molecule has 0 spiro atoms. The van der Waals surface area contributed by atoms with Crippen molar-refractivity contribution < 1.29 is 13.9 Å². The minimum Gasteiger partial charge on any atom is -0.379 e. The molecule has 1 heterocycles. The van der Waals surface area contributed by atoms with E-state index in [0.29, 0.717) is 19.8 Å². The third kappa shape index (κ3) is 4.81. The maximum atomic E-state index is 12.9. The largest absolute Gasteiger partial charge is 0.379 e. The van der Waals surface area contributed by atoms with Crippen molar-refractivity contribution in [2.24, 2.45) is 0 Å². The zero-order chi connectivity index (χ0) is 13.4. The number of carbonyl (C=O) groups is 1. The summed E-state index contributed by atoms with van der Waals surface area (Å²) in [6, 6.07) is 1.04. The Hall–Kier alpha value is -1.46. The molecule has 0 atom stereocenters. The van der Waals surface area contributed by atoms with Gasteiger partial charge in [0.2, 0.25) is 0 Å². The lowest BCUT2D eigenvalue weighted by atomic mass is 10.2. The van der Waals surface area contributed by atoms with Gasteiger partial charge in [-0.05, 0) is 12.5 Å². The lowest BCUT2D eigenvalue weighted by Gasteiger charge is -2.06. The Morgan fingerprint density at radius 3 is 3.11 bits per heavy atom. The van der Waals surface area contributed by atoms with Crippen molar-refractivity contribution >= 4 is 17.5 Å². The van der Waals surface area contributed by atoms with Crippen molar-refractivity contribution in [2.75, 3.05) is 19.8 Å². The molecule has 0 aromatic carbocycles. The summed E-state index contributed by atoms with van der Waals surface area (Å²) in [5.41, 5.74) is 0.0164. The minimum atomic E-state index is -0.605. The molecule has 1 amide bonds. The van der Waals surface area contributed by atoms with Crippen molar-refractivity contribution in [3.63, 3.8) is 0 Å². The second kappa shape index (κ2) is 7.79. The van der Waals surface area contributed by atoms with E-state index in [-0.39, 0.29) is 10.7 Å². The lowest BCUT2D eigenvalue weighted by molar-refractivity contribution is 0.0917. The molecule has 98 valence electrons. The number of hydrogen-bond donors (Lipinski definition) is 1. The van der Waals surface area contributed by atoms with Crippen LogP contribution in [0.5, 0.6) is 0 Å². The van der Waals surface area contributed by atoms with Gasteiger partial charge in [-0.1, -0.05) is 17.7 Å². The molecule has 6 heteroatoms. The van der Waals surface area contributed by atoms with E-state index in [1.165, 1.54) is 0 Å². The Kier molecular flexibility index (Phi) is 6.32. The zero-order valence-corrected chi connectivity index (χ0v) is 10.5. The molecule has 1 aromatic heterocycles. The summed E-state index contributed by atoms with van der Waals surface area (Å²) >= 11 is 5.69. The molecule has 0 aliphatic rings. The van der Waals surface area contributed by atoms with Crippen molar-refractivity contribution in [2.45, 2.75) is 6.42 Å². The number of hydrogen-bond acceptors (Lipinski definition) is 3. The van der Waals surface area contributed by atoms with Gasteiger partial charge in [0.15, 0.2) is 0 Å². The van der Waals surface area contributed by atoms with Crippen LogP contribution < -0.4 is 5.32 Å². The Morgan fingerprint density at radius 1 is 1.61 bits per heavy atom. The molecule has 1 N–H and O–H groups in total. The average Bonchev–Trinajstić information content (AvgIpc) is 2.36. The molecule has 4 nitrogen and oxygen atoms in total. The summed E-state index contributed by atoms with van der Waals surface area (Å²) in [6.45, 7) is 4.81. The Bertz CT molecular complexity index is 427. The highest BCUT2D eigenvalue weighted by molar-refractivity contribution is 6.32. The van der Waals surface area contributed by atoms with Crippen LogP contribution in [0.1, 0.15) is 16.8 Å². The molecule has 0 radical (unpaired) electrons. The minimum absolute atomic E-state index is 0.0164. The van der Waals surface area contributed by atoms with Crippen LogP contribution in [0.15, 0.2) is 24.9 Å². The highest BCUT2D eigenvalue weighted by Gasteiger charge is 2.11. The second-order valence-electron chi connectivity index (χ2n) is 3.44. The van der Waals surface area contributed by atoms with Crippen molar-refractivity contribution in [1.82, 2.24) is 10.3 Å². The van der Waals surface area contributed by atoms with E-state index in [1.54, 1.807) is 6.08 Å². The van der Waals surface area contributed by atoms with Gasteiger partial charge in [-0.2, -0.15) is 0 Å². The monoisotopic (exact) mass is 272 g/mol. The van der Waals surface area contributed by atoms with Crippen LogP contribution in [0, 0.1) is 5.82 Å². The van der Waals surface area contributed by atoms with E-state index in [0.717, 1.165) is 18.7 Å². The first-order valence-corrected chi connectivity index (χ1v) is 5.81. The number of pyridine rings is 1. The number of rotatable bonds is 7. The topological polar surface area (TPSA) is 51.2 Å².